The molecule has 0 rings (SSSR count). The number of carbonyl (C=O) groups is 1. The molecule has 0 aliphatic carbocycles. The van der Waals surface area contributed by atoms with Crippen LogP contribution in [0.1, 0.15) is 41.0 Å². The number of nitrogens with two attached hydrogens (primary N) is 1. The Bertz CT molecular complexity index is 222. The van der Waals surface area contributed by atoms with Crippen LogP contribution in [0.2, 0.25) is 0 Å². The molecule has 0 saturated carbocycles. The van der Waals surface area contributed by atoms with Crippen LogP contribution in [-0.4, -0.2) is 41.1 Å². The maximum atomic E-state index is 12.2. The first-order valence-corrected chi connectivity index (χ1v) is 5.88. The van der Waals surface area contributed by atoms with Crippen molar-refractivity contribution in [1.29, 1.82) is 0 Å². The molecule has 4 nitrogen and oxygen atoms in total. The van der Waals surface area contributed by atoms with Crippen LogP contribution in [0.5, 0.6) is 0 Å². The van der Waals surface area contributed by atoms with Gasteiger partial charge in [-0.3, -0.25) is 4.79 Å². The number of aliphatic hydroxyl groups excluding tert-OH is 1. The van der Waals surface area contributed by atoms with E-state index >= 15 is 0 Å². The van der Waals surface area contributed by atoms with Crippen LogP contribution >= 0.6 is 0 Å². The van der Waals surface area contributed by atoms with Gasteiger partial charge < -0.3 is 15.7 Å². The fraction of sp³-hybridized carbons (Fsp3) is 0.917. The van der Waals surface area contributed by atoms with Crippen LogP contribution in [0, 0.1) is 5.41 Å². The summed E-state index contributed by atoms with van der Waals surface area (Å²) in [5, 5.41) is 8.81. The van der Waals surface area contributed by atoms with E-state index in [2.05, 4.69) is 0 Å². The van der Waals surface area contributed by atoms with E-state index in [1.807, 2.05) is 34.6 Å². The highest BCUT2D eigenvalue weighted by atomic mass is 16.3. The third kappa shape index (κ3) is 4.49. The number of aliphatic hydroxyl groups is 1. The van der Waals surface area contributed by atoms with Gasteiger partial charge in [0, 0.05) is 19.2 Å². The van der Waals surface area contributed by atoms with Gasteiger partial charge in [0.2, 0.25) is 5.91 Å². The second-order valence-electron chi connectivity index (χ2n) is 5.55. The van der Waals surface area contributed by atoms with Crippen molar-refractivity contribution in [3.8, 4) is 0 Å². The molecule has 16 heavy (non-hydrogen) atoms. The summed E-state index contributed by atoms with van der Waals surface area (Å²) >= 11 is 0. The zero-order chi connectivity index (χ0) is 12.9. The highest BCUT2D eigenvalue weighted by Gasteiger charge is 2.31. The summed E-state index contributed by atoms with van der Waals surface area (Å²) in [6, 6.07) is -0.374. The molecule has 0 aliphatic rings. The lowest BCUT2D eigenvalue weighted by atomic mass is 9.86. The molecule has 0 unspecified atom stereocenters. The smallest absolute Gasteiger partial charge is 0.240 e. The van der Waals surface area contributed by atoms with Crippen LogP contribution in [-0.2, 0) is 4.79 Å². The molecular formula is C12H26N2O2. The van der Waals surface area contributed by atoms with E-state index in [4.69, 9.17) is 10.8 Å². The minimum Gasteiger partial charge on any atom is -0.396 e. The van der Waals surface area contributed by atoms with Crippen LogP contribution in [0.4, 0.5) is 0 Å². The van der Waals surface area contributed by atoms with Gasteiger partial charge in [0.1, 0.15) is 0 Å². The number of rotatable bonds is 5. The number of carbonyl (C=O) groups excluding carboxylic acids is 1. The van der Waals surface area contributed by atoms with Crippen molar-refractivity contribution in [2.45, 2.75) is 53.1 Å². The lowest BCUT2D eigenvalue weighted by molar-refractivity contribution is -0.136. The Balaban J connectivity index is 4.61. The Labute approximate surface area is 98.8 Å². The molecule has 0 aromatic carbocycles. The first-order chi connectivity index (χ1) is 7.21. The average molecular weight is 230 g/mol. The van der Waals surface area contributed by atoms with Crippen molar-refractivity contribution < 1.29 is 9.90 Å². The van der Waals surface area contributed by atoms with E-state index in [9.17, 15) is 4.79 Å². The zero-order valence-corrected chi connectivity index (χ0v) is 11.2. The van der Waals surface area contributed by atoms with E-state index in [1.165, 1.54) is 0 Å². The van der Waals surface area contributed by atoms with Crippen LogP contribution in [0.25, 0.3) is 0 Å². The first-order valence-electron chi connectivity index (χ1n) is 5.88. The summed E-state index contributed by atoms with van der Waals surface area (Å²) < 4.78 is 0. The minimum absolute atomic E-state index is 0.0315. The Kier molecular flexibility index (Phi) is 5.97. The van der Waals surface area contributed by atoms with Gasteiger partial charge in [0.05, 0.1) is 6.04 Å². The van der Waals surface area contributed by atoms with Crippen molar-refractivity contribution in [2.75, 3.05) is 13.2 Å². The Hall–Kier alpha value is -0.610. The largest absolute Gasteiger partial charge is 0.396 e. The van der Waals surface area contributed by atoms with Crippen LogP contribution in [0.3, 0.4) is 0 Å². The number of hydrogen-bond donors (Lipinski definition) is 2. The standard InChI is InChI=1S/C12H26N2O2/c1-9(2)14(7-6-8-15)11(16)10(13)12(3,4)5/h9-10,15H,6-8,13H2,1-5H3/t10-/m1/s1. The summed E-state index contributed by atoms with van der Waals surface area (Å²) in [5.74, 6) is -0.0315. The molecule has 1 amide bonds. The van der Waals surface area contributed by atoms with Gasteiger partial charge in [-0.2, -0.15) is 0 Å². The third-order valence-electron chi connectivity index (χ3n) is 2.66. The molecule has 0 bridgehead atoms. The average Bonchev–Trinajstić information content (AvgIpc) is 2.15. The summed E-state index contributed by atoms with van der Waals surface area (Å²) in [7, 11) is 0. The van der Waals surface area contributed by atoms with Crippen molar-refractivity contribution >= 4 is 5.91 Å². The Morgan fingerprint density at radius 1 is 1.38 bits per heavy atom. The van der Waals surface area contributed by atoms with Gasteiger partial charge in [-0.1, -0.05) is 20.8 Å². The van der Waals surface area contributed by atoms with Crippen molar-refractivity contribution in [1.82, 2.24) is 4.90 Å². The second kappa shape index (κ2) is 6.21. The van der Waals surface area contributed by atoms with E-state index < -0.39 is 6.04 Å². The second-order valence-corrected chi connectivity index (χ2v) is 5.55. The maximum Gasteiger partial charge on any atom is 0.240 e. The molecule has 0 aliphatic heterocycles. The molecule has 0 spiro atoms. The minimum atomic E-state index is -0.492. The Morgan fingerprint density at radius 3 is 2.19 bits per heavy atom. The highest BCUT2D eigenvalue weighted by Crippen LogP contribution is 2.20. The van der Waals surface area contributed by atoms with E-state index in [-0.39, 0.29) is 24.0 Å². The van der Waals surface area contributed by atoms with Crippen LogP contribution in [0.15, 0.2) is 0 Å². The first kappa shape index (κ1) is 15.4. The quantitative estimate of drug-likeness (QED) is 0.740. The van der Waals surface area contributed by atoms with Gasteiger partial charge in [-0.25, -0.2) is 0 Å². The summed E-state index contributed by atoms with van der Waals surface area (Å²) in [6.07, 6.45) is 0.598. The van der Waals surface area contributed by atoms with Gasteiger partial charge in [-0.15, -0.1) is 0 Å². The maximum absolute atomic E-state index is 12.2. The lowest BCUT2D eigenvalue weighted by Crippen LogP contribution is -2.52. The molecule has 0 saturated heterocycles. The van der Waals surface area contributed by atoms with E-state index in [1.54, 1.807) is 4.90 Å². The SMILES string of the molecule is CC(C)N(CCCO)C(=O)[C@@H](N)C(C)(C)C. The van der Waals surface area contributed by atoms with E-state index in [0.717, 1.165) is 0 Å². The van der Waals surface area contributed by atoms with Crippen LogP contribution < -0.4 is 5.73 Å². The molecule has 0 aromatic rings. The molecule has 96 valence electrons. The highest BCUT2D eigenvalue weighted by molar-refractivity contribution is 5.82. The molecule has 0 heterocycles. The molecule has 3 N–H and O–H groups in total. The topological polar surface area (TPSA) is 66.6 Å². The zero-order valence-electron chi connectivity index (χ0n) is 11.2. The van der Waals surface area contributed by atoms with E-state index in [0.29, 0.717) is 13.0 Å². The van der Waals surface area contributed by atoms with Crippen molar-refractivity contribution in [2.24, 2.45) is 11.1 Å². The summed E-state index contributed by atoms with van der Waals surface area (Å²) in [4.78, 5) is 13.9. The van der Waals surface area contributed by atoms with Gasteiger partial charge in [0.15, 0.2) is 0 Å². The molecule has 0 radical (unpaired) electrons. The predicted molar refractivity (Wildman–Crippen MR) is 66.0 cm³/mol. The molecule has 1 atom stereocenters. The van der Waals surface area contributed by atoms with Gasteiger partial charge >= 0.3 is 0 Å². The molecule has 0 aromatic heterocycles. The lowest BCUT2D eigenvalue weighted by Gasteiger charge is -2.34. The summed E-state index contributed by atoms with van der Waals surface area (Å²) in [6.45, 7) is 10.5. The summed E-state index contributed by atoms with van der Waals surface area (Å²) in [5.41, 5.74) is 5.72. The third-order valence-corrected chi connectivity index (χ3v) is 2.66. The molecule has 0 fully saturated rings. The fourth-order valence-corrected chi connectivity index (χ4v) is 1.41. The van der Waals surface area contributed by atoms with Crippen molar-refractivity contribution in [3.05, 3.63) is 0 Å². The fourth-order valence-electron chi connectivity index (χ4n) is 1.41. The van der Waals surface area contributed by atoms with Gasteiger partial charge in [0.25, 0.3) is 0 Å². The number of hydrogen-bond acceptors (Lipinski definition) is 3. The number of amides is 1. The predicted octanol–water partition coefficient (Wildman–Crippen LogP) is 0.979. The molecule has 4 heteroatoms. The van der Waals surface area contributed by atoms with Crippen molar-refractivity contribution in [3.63, 3.8) is 0 Å². The molecular weight excluding hydrogens is 204 g/mol. The monoisotopic (exact) mass is 230 g/mol. The number of nitrogens with zero attached hydrogens (tertiary/aromatic N) is 1. The Morgan fingerprint density at radius 2 is 1.88 bits per heavy atom. The normalized spacial score (nSPS) is 14.0. The van der Waals surface area contributed by atoms with Gasteiger partial charge in [-0.05, 0) is 25.7 Å².